The minimum absolute atomic E-state index is 0.405. The molecular weight excluding hydrogens is 282 g/mol. The van der Waals surface area contributed by atoms with E-state index in [0.29, 0.717) is 17.9 Å². The van der Waals surface area contributed by atoms with Crippen molar-refractivity contribution in [3.05, 3.63) is 46.2 Å². The Kier molecular flexibility index (Phi) is 3.45. The Morgan fingerprint density at radius 2 is 2.35 bits per heavy atom. The van der Waals surface area contributed by atoms with Gasteiger partial charge in [-0.25, -0.2) is 0 Å². The smallest absolute Gasteiger partial charge is 0.157 e. The van der Waals surface area contributed by atoms with Crippen LogP contribution >= 0.6 is 15.9 Å². The summed E-state index contributed by atoms with van der Waals surface area (Å²) in [6.45, 7) is 0.405. The van der Waals surface area contributed by atoms with Crippen LogP contribution in [-0.2, 0) is 13.7 Å². The van der Waals surface area contributed by atoms with Gasteiger partial charge in [-0.2, -0.15) is 10.4 Å². The Morgan fingerprint density at radius 3 is 3.00 bits per heavy atom. The molecule has 0 saturated carbocycles. The van der Waals surface area contributed by atoms with Crippen LogP contribution in [0.15, 0.2) is 35.1 Å². The second-order valence-electron chi connectivity index (χ2n) is 3.56. The van der Waals surface area contributed by atoms with E-state index in [-0.39, 0.29) is 0 Å². The van der Waals surface area contributed by atoms with E-state index in [1.807, 2.05) is 13.1 Å². The van der Waals surface area contributed by atoms with E-state index < -0.39 is 0 Å². The summed E-state index contributed by atoms with van der Waals surface area (Å²) >= 11 is 3.43. The van der Waals surface area contributed by atoms with E-state index in [2.05, 4.69) is 27.1 Å². The second kappa shape index (κ2) is 5.02. The maximum atomic E-state index is 8.82. The minimum Gasteiger partial charge on any atom is -0.486 e. The second-order valence-corrected chi connectivity index (χ2v) is 4.41. The lowest BCUT2D eigenvalue weighted by molar-refractivity contribution is 0.305. The number of benzene rings is 1. The summed E-state index contributed by atoms with van der Waals surface area (Å²) in [5.74, 6) is 0.710. The summed E-state index contributed by atoms with van der Waals surface area (Å²) in [5.41, 5.74) is 1.56. The molecule has 0 saturated heterocycles. The molecule has 0 amide bonds. The average Bonchev–Trinajstić information content (AvgIpc) is 2.74. The summed E-state index contributed by atoms with van der Waals surface area (Å²) in [5, 5.41) is 12.8. The number of hydrogen-bond acceptors (Lipinski definition) is 3. The molecule has 0 unspecified atom stereocenters. The zero-order valence-electron chi connectivity index (χ0n) is 9.22. The molecule has 5 heteroatoms. The van der Waals surface area contributed by atoms with Crippen LogP contribution in [0.25, 0.3) is 0 Å². The van der Waals surface area contributed by atoms with E-state index in [4.69, 9.17) is 10.00 Å². The molecule has 1 aromatic carbocycles. The largest absolute Gasteiger partial charge is 0.486 e. The van der Waals surface area contributed by atoms with Crippen molar-refractivity contribution in [2.75, 3.05) is 0 Å². The molecule has 1 heterocycles. The van der Waals surface area contributed by atoms with Crippen molar-refractivity contribution in [3.8, 4) is 11.8 Å². The van der Waals surface area contributed by atoms with Crippen molar-refractivity contribution in [3.63, 3.8) is 0 Å². The first-order valence-corrected chi connectivity index (χ1v) is 5.78. The Labute approximate surface area is 108 Å². The monoisotopic (exact) mass is 291 g/mol. The summed E-state index contributed by atoms with van der Waals surface area (Å²) in [6.07, 6.45) is 3.45. The molecule has 2 rings (SSSR count). The van der Waals surface area contributed by atoms with Gasteiger partial charge in [0, 0.05) is 17.1 Å². The molecule has 2 aromatic rings. The van der Waals surface area contributed by atoms with Crippen LogP contribution in [0.3, 0.4) is 0 Å². The highest BCUT2D eigenvalue weighted by atomic mass is 79.9. The minimum atomic E-state index is 0.405. The van der Waals surface area contributed by atoms with Gasteiger partial charge in [-0.1, -0.05) is 15.9 Å². The number of nitrogens with zero attached hydrogens (tertiary/aromatic N) is 3. The van der Waals surface area contributed by atoms with Crippen LogP contribution in [0.5, 0.6) is 5.75 Å². The first-order chi connectivity index (χ1) is 8.19. The fraction of sp³-hybridized carbons (Fsp3) is 0.167. The molecule has 0 N–H and O–H groups in total. The third-order valence-corrected chi connectivity index (χ3v) is 3.02. The number of hydrogen-bond donors (Lipinski definition) is 0. The van der Waals surface area contributed by atoms with Gasteiger partial charge in [-0.3, -0.25) is 4.68 Å². The maximum Gasteiger partial charge on any atom is 0.157 e. The van der Waals surface area contributed by atoms with Crippen LogP contribution in [0.1, 0.15) is 11.1 Å². The van der Waals surface area contributed by atoms with Crippen molar-refractivity contribution < 1.29 is 4.74 Å². The van der Waals surface area contributed by atoms with Gasteiger partial charge < -0.3 is 4.74 Å². The Hall–Kier alpha value is -1.80. The van der Waals surface area contributed by atoms with E-state index >= 15 is 0 Å². The summed E-state index contributed by atoms with van der Waals surface area (Å²) < 4.78 is 8.18. The Balaban J connectivity index is 2.11. The van der Waals surface area contributed by atoms with Crippen molar-refractivity contribution in [1.29, 1.82) is 5.26 Å². The SMILES string of the molecule is Cn1cc(OCc2cc(C#N)ccc2Br)cn1. The van der Waals surface area contributed by atoms with Crippen molar-refractivity contribution in [1.82, 2.24) is 9.78 Å². The fourth-order valence-electron chi connectivity index (χ4n) is 1.39. The quantitative estimate of drug-likeness (QED) is 0.873. The van der Waals surface area contributed by atoms with Crippen LogP contribution in [0.4, 0.5) is 0 Å². The zero-order valence-corrected chi connectivity index (χ0v) is 10.8. The predicted octanol–water partition coefficient (Wildman–Crippen LogP) is 2.63. The van der Waals surface area contributed by atoms with E-state index in [9.17, 15) is 0 Å². The lowest BCUT2D eigenvalue weighted by Gasteiger charge is -2.06. The molecule has 0 radical (unpaired) electrons. The molecule has 1 aromatic heterocycles. The highest BCUT2D eigenvalue weighted by molar-refractivity contribution is 9.10. The van der Waals surface area contributed by atoms with Gasteiger partial charge >= 0.3 is 0 Å². The number of aryl methyl sites for hydroxylation is 1. The number of halogens is 1. The van der Waals surface area contributed by atoms with Gasteiger partial charge in [0.05, 0.1) is 24.0 Å². The number of aromatic nitrogens is 2. The fourth-order valence-corrected chi connectivity index (χ4v) is 1.75. The lowest BCUT2D eigenvalue weighted by atomic mass is 10.1. The standard InChI is InChI=1S/C12H10BrN3O/c1-16-7-11(6-15-16)17-8-10-4-9(5-14)2-3-12(10)13/h2-4,6-7H,8H2,1H3. The molecule has 0 atom stereocenters. The lowest BCUT2D eigenvalue weighted by Crippen LogP contribution is -1.96. The number of ether oxygens (including phenoxy) is 1. The van der Waals surface area contributed by atoms with Crippen LogP contribution in [0, 0.1) is 11.3 Å². The molecule has 17 heavy (non-hydrogen) atoms. The van der Waals surface area contributed by atoms with Crippen molar-refractivity contribution in [2.24, 2.45) is 7.05 Å². The number of rotatable bonds is 3. The van der Waals surface area contributed by atoms with E-state index in [1.165, 1.54) is 0 Å². The zero-order chi connectivity index (χ0) is 12.3. The summed E-state index contributed by atoms with van der Waals surface area (Å²) in [7, 11) is 1.83. The maximum absolute atomic E-state index is 8.82. The highest BCUT2D eigenvalue weighted by Crippen LogP contribution is 2.20. The molecule has 4 nitrogen and oxygen atoms in total. The van der Waals surface area contributed by atoms with E-state index in [0.717, 1.165) is 10.0 Å². The van der Waals surface area contributed by atoms with Gasteiger partial charge in [-0.15, -0.1) is 0 Å². The summed E-state index contributed by atoms with van der Waals surface area (Å²) in [6, 6.07) is 7.52. The van der Waals surface area contributed by atoms with Crippen molar-refractivity contribution in [2.45, 2.75) is 6.61 Å². The normalized spacial score (nSPS) is 9.94. The third kappa shape index (κ3) is 2.86. The van der Waals surface area contributed by atoms with Crippen molar-refractivity contribution >= 4 is 15.9 Å². The van der Waals surface area contributed by atoms with Crippen LogP contribution in [0.2, 0.25) is 0 Å². The van der Waals surface area contributed by atoms with Gasteiger partial charge in [0.25, 0.3) is 0 Å². The van der Waals surface area contributed by atoms with Crippen LogP contribution in [-0.4, -0.2) is 9.78 Å². The topological polar surface area (TPSA) is 50.8 Å². The van der Waals surface area contributed by atoms with Gasteiger partial charge in [0.15, 0.2) is 5.75 Å². The third-order valence-electron chi connectivity index (χ3n) is 2.25. The molecule has 0 bridgehead atoms. The first-order valence-electron chi connectivity index (χ1n) is 4.99. The predicted molar refractivity (Wildman–Crippen MR) is 66.4 cm³/mol. The highest BCUT2D eigenvalue weighted by Gasteiger charge is 2.04. The van der Waals surface area contributed by atoms with Gasteiger partial charge in [0.2, 0.25) is 0 Å². The van der Waals surface area contributed by atoms with E-state index in [1.54, 1.807) is 29.2 Å². The summed E-state index contributed by atoms with van der Waals surface area (Å²) in [4.78, 5) is 0. The number of nitriles is 1. The van der Waals surface area contributed by atoms with Crippen LogP contribution < -0.4 is 4.74 Å². The molecule has 0 aliphatic heterocycles. The van der Waals surface area contributed by atoms with Gasteiger partial charge in [-0.05, 0) is 18.2 Å². The molecule has 0 aliphatic rings. The Bertz CT molecular complexity index is 571. The Morgan fingerprint density at radius 1 is 1.53 bits per heavy atom. The average molecular weight is 292 g/mol. The molecule has 0 aliphatic carbocycles. The molecule has 86 valence electrons. The molecule has 0 fully saturated rings. The molecular formula is C12H10BrN3O. The first kappa shape index (κ1) is 11.7. The van der Waals surface area contributed by atoms with Gasteiger partial charge in [0.1, 0.15) is 6.61 Å². The molecule has 0 spiro atoms.